The molecule has 4 nitrogen and oxygen atoms in total. The number of hydrogen-bond acceptors (Lipinski definition) is 4. The number of fused-ring (bicyclic) bond motifs is 1. The van der Waals surface area contributed by atoms with E-state index in [0.29, 0.717) is 10.8 Å². The molecule has 0 amide bonds. The van der Waals surface area contributed by atoms with E-state index in [1.165, 1.54) is 30.3 Å². The number of anilines is 3. The standard InChI is InChI=1S/C13H13ClN4/c14-11-12(15)16-7-17-13(11)18-10-5-4-8-2-1-3-9(8)6-10/h4-7H,1-3H2,(H3,15,16,17,18). The molecule has 0 saturated carbocycles. The Kier molecular flexibility index (Phi) is 2.80. The van der Waals surface area contributed by atoms with Crippen molar-refractivity contribution in [1.82, 2.24) is 9.97 Å². The van der Waals surface area contributed by atoms with Crippen LogP contribution in [0.4, 0.5) is 17.3 Å². The summed E-state index contributed by atoms with van der Waals surface area (Å²) in [7, 11) is 0. The lowest BCUT2D eigenvalue weighted by Crippen LogP contribution is -2.00. The van der Waals surface area contributed by atoms with Gasteiger partial charge in [-0.1, -0.05) is 17.7 Å². The number of halogens is 1. The average molecular weight is 261 g/mol. The van der Waals surface area contributed by atoms with E-state index in [1.54, 1.807) is 0 Å². The highest BCUT2D eigenvalue weighted by atomic mass is 35.5. The van der Waals surface area contributed by atoms with Crippen molar-refractivity contribution in [2.75, 3.05) is 11.1 Å². The number of nitrogen functional groups attached to an aromatic ring is 1. The Hall–Kier alpha value is -1.81. The SMILES string of the molecule is Nc1ncnc(Nc2ccc3c(c2)CCC3)c1Cl. The molecule has 0 spiro atoms. The zero-order valence-electron chi connectivity index (χ0n) is 9.78. The Morgan fingerprint density at radius 2 is 2.00 bits per heavy atom. The topological polar surface area (TPSA) is 63.8 Å². The minimum Gasteiger partial charge on any atom is -0.382 e. The van der Waals surface area contributed by atoms with E-state index in [-0.39, 0.29) is 5.82 Å². The van der Waals surface area contributed by atoms with E-state index >= 15 is 0 Å². The zero-order chi connectivity index (χ0) is 12.5. The lowest BCUT2D eigenvalue weighted by Gasteiger charge is -2.09. The Morgan fingerprint density at radius 1 is 1.17 bits per heavy atom. The average Bonchev–Trinajstić information content (AvgIpc) is 2.82. The summed E-state index contributed by atoms with van der Waals surface area (Å²) in [5, 5.41) is 3.54. The lowest BCUT2D eigenvalue weighted by atomic mass is 10.1. The molecule has 18 heavy (non-hydrogen) atoms. The number of nitrogens with two attached hydrogens (primary N) is 1. The third kappa shape index (κ3) is 1.99. The first-order valence-corrected chi connectivity index (χ1v) is 6.26. The van der Waals surface area contributed by atoms with Gasteiger partial charge < -0.3 is 11.1 Å². The van der Waals surface area contributed by atoms with Gasteiger partial charge in [-0.05, 0) is 42.5 Å². The maximum absolute atomic E-state index is 6.05. The Balaban J connectivity index is 1.90. The van der Waals surface area contributed by atoms with Gasteiger partial charge in [0.25, 0.3) is 0 Å². The van der Waals surface area contributed by atoms with Crippen LogP contribution < -0.4 is 11.1 Å². The molecule has 0 atom stereocenters. The molecule has 3 rings (SSSR count). The van der Waals surface area contributed by atoms with Crippen LogP contribution in [0.25, 0.3) is 0 Å². The Morgan fingerprint density at radius 3 is 2.89 bits per heavy atom. The van der Waals surface area contributed by atoms with Gasteiger partial charge in [-0.25, -0.2) is 9.97 Å². The summed E-state index contributed by atoms with van der Waals surface area (Å²) in [6, 6.07) is 6.35. The first-order valence-electron chi connectivity index (χ1n) is 5.89. The molecule has 92 valence electrons. The van der Waals surface area contributed by atoms with E-state index in [9.17, 15) is 0 Å². The van der Waals surface area contributed by atoms with Gasteiger partial charge in [-0.3, -0.25) is 0 Å². The van der Waals surface area contributed by atoms with Crippen LogP contribution in [0.1, 0.15) is 17.5 Å². The van der Waals surface area contributed by atoms with E-state index in [4.69, 9.17) is 17.3 Å². The number of nitrogens with zero attached hydrogens (tertiary/aromatic N) is 2. The summed E-state index contributed by atoms with van der Waals surface area (Å²) >= 11 is 6.05. The molecule has 0 fully saturated rings. The molecule has 1 aliphatic rings. The normalized spacial score (nSPS) is 13.4. The van der Waals surface area contributed by atoms with Crippen LogP contribution >= 0.6 is 11.6 Å². The fraction of sp³-hybridized carbons (Fsp3) is 0.231. The minimum atomic E-state index is 0.287. The van der Waals surface area contributed by atoms with Crippen molar-refractivity contribution >= 4 is 28.9 Å². The van der Waals surface area contributed by atoms with Crippen molar-refractivity contribution in [2.45, 2.75) is 19.3 Å². The molecule has 1 aliphatic carbocycles. The molecule has 1 heterocycles. The van der Waals surface area contributed by atoms with Crippen molar-refractivity contribution in [1.29, 1.82) is 0 Å². The predicted octanol–water partition coefficient (Wildman–Crippen LogP) is 2.94. The molecular weight excluding hydrogens is 248 g/mol. The highest BCUT2D eigenvalue weighted by molar-refractivity contribution is 6.35. The largest absolute Gasteiger partial charge is 0.382 e. The third-order valence-corrected chi connectivity index (χ3v) is 3.55. The quantitative estimate of drug-likeness (QED) is 0.871. The van der Waals surface area contributed by atoms with Crippen molar-refractivity contribution in [2.24, 2.45) is 0 Å². The summed E-state index contributed by atoms with van der Waals surface area (Å²) < 4.78 is 0. The minimum absolute atomic E-state index is 0.287. The Bertz CT molecular complexity index is 598. The van der Waals surface area contributed by atoms with E-state index in [0.717, 1.165) is 12.1 Å². The molecule has 3 N–H and O–H groups in total. The number of aromatic nitrogens is 2. The summed E-state index contributed by atoms with van der Waals surface area (Å²) in [6.07, 6.45) is 4.96. The van der Waals surface area contributed by atoms with Crippen LogP contribution in [0, 0.1) is 0 Å². The van der Waals surface area contributed by atoms with E-state index in [1.807, 2.05) is 6.07 Å². The van der Waals surface area contributed by atoms with Crippen LogP contribution in [0.2, 0.25) is 5.02 Å². The van der Waals surface area contributed by atoms with Crippen LogP contribution in [0.5, 0.6) is 0 Å². The number of rotatable bonds is 2. The van der Waals surface area contributed by atoms with Crippen molar-refractivity contribution in [3.63, 3.8) is 0 Å². The number of nitrogens with one attached hydrogen (secondary N) is 1. The van der Waals surface area contributed by atoms with Crippen LogP contribution in [-0.4, -0.2) is 9.97 Å². The van der Waals surface area contributed by atoms with Gasteiger partial charge in [0, 0.05) is 5.69 Å². The molecule has 0 bridgehead atoms. The van der Waals surface area contributed by atoms with Crippen molar-refractivity contribution in [3.8, 4) is 0 Å². The summed E-state index contributed by atoms with van der Waals surface area (Å²) in [4.78, 5) is 7.93. The van der Waals surface area contributed by atoms with Gasteiger partial charge >= 0.3 is 0 Å². The smallest absolute Gasteiger partial charge is 0.154 e. The predicted molar refractivity (Wildman–Crippen MR) is 73.2 cm³/mol. The van der Waals surface area contributed by atoms with Gasteiger partial charge in [-0.15, -0.1) is 0 Å². The maximum atomic E-state index is 6.05. The van der Waals surface area contributed by atoms with Crippen LogP contribution in [0.15, 0.2) is 24.5 Å². The Labute approximate surface area is 110 Å². The molecule has 1 aromatic carbocycles. The number of benzene rings is 1. The second-order valence-electron chi connectivity index (χ2n) is 4.38. The summed E-state index contributed by atoms with van der Waals surface area (Å²) in [6.45, 7) is 0. The second-order valence-corrected chi connectivity index (χ2v) is 4.76. The molecule has 0 unspecified atom stereocenters. The molecule has 2 aromatic rings. The molecule has 0 radical (unpaired) electrons. The summed E-state index contributed by atoms with van der Waals surface area (Å²) in [5.74, 6) is 0.831. The first-order chi connectivity index (χ1) is 8.74. The molecule has 0 saturated heterocycles. The highest BCUT2D eigenvalue weighted by Crippen LogP contribution is 2.29. The van der Waals surface area contributed by atoms with E-state index in [2.05, 4.69) is 27.4 Å². The monoisotopic (exact) mass is 260 g/mol. The van der Waals surface area contributed by atoms with Gasteiger partial charge in [-0.2, -0.15) is 0 Å². The first kappa shape index (κ1) is 11.3. The third-order valence-electron chi connectivity index (χ3n) is 3.18. The highest BCUT2D eigenvalue weighted by Gasteiger charge is 2.12. The number of aryl methyl sites for hydroxylation is 2. The zero-order valence-corrected chi connectivity index (χ0v) is 10.5. The van der Waals surface area contributed by atoms with Crippen LogP contribution in [-0.2, 0) is 12.8 Å². The van der Waals surface area contributed by atoms with Gasteiger partial charge in [0.15, 0.2) is 5.82 Å². The van der Waals surface area contributed by atoms with Gasteiger partial charge in [0.2, 0.25) is 0 Å². The number of hydrogen-bond donors (Lipinski definition) is 2. The van der Waals surface area contributed by atoms with Crippen molar-refractivity contribution in [3.05, 3.63) is 40.7 Å². The molecule has 5 heteroatoms. The molecule has 1 aromatic heterocycles. The lowest BCUT2D eigenvalue weighted by molar-refractivity contribution is 0.912. The molecule has 0 aliphatic heterocycles. The van der Waals surface area contributed by atoms with E-state index < -0.39 is 0 Å². The summed E-state index contributed by atoms with van der Waals surface area (Å²) in [5.41, 5.74) is 9.46. The van der Waals surface area contributed by atoms with Crippen molar-refractivity contribution < 1.29 is 0 Å². The van der Waals surface area contributed by atoms with Gasteiger partial charge in [0.05, 0.1) is 0 Å². The van der Waals surface area contributed by atoms with Gasteiger partial charge in [0.1, 0.15) is 17.2 Å². The fourth-order valence-corrected chi connectivity index (χ4v) is 2.40. The molecular formula is C13H13ClN4. The van der Waals surface area contributed by atoms with Crippen LogP contribution in [0.3, 0.4) is 0 Å². The maximum Gasteiger partial charge on any atom is 0.154 e. The second kappa shape index (κ2) is 4.46. The fourth-order valence-electron chi connectivity index (χ4n) is 2.26.